The maximum Gasteiger partial charge on any atom is 0.348 e. The lowest BCUT2D eigenvalue weighted by Gasteiger charge is -2.38. The number of aromatic carboxylic acids is 2. The summed E-state index contributed by atoms with van der Waals surface area (Å²) in [5.41, 5.74) is 3.44. The Morgan fingerprint density at radius 2 is 1.41 bits per heavy atom. The first kappa shape index (κ1) is 44.0. The van der Waals surface area contributed by atoms with Crippen LogP contribution >= 0.6 is 22.7 Å². The molecular formula is C45H60N2O8S3. The first-order valence-electron chi connectivity index (χ1n) is 21.2. The fourth-order valence-electron chi connectivity index (χ4n) is 9.14. The molecule has 2 heterocycles. The molecule has 4 aliphatic carbocycles. The molecule has 58 heavy (non-hydrogen) atoms. The van der Waals surface area contributed by atoms with Crippen LogP contribution in [0.2, 0.25) is 0 Å². The molecule has 0 spiro atoms. The second kappa shape index (κ2) is 19.2. The van der Waals surface area contributed by atoms with E-state index in [1.165, 1.54) is 24.2 Å². The number of carboxylic acids is 2. The average molecular weight is 853 g/mol. The number of rotatable bonds is 10. The van der Waals surface area contributed by atoms with Crippen molar-refractivity contribution >= 4 is 67.5 Å². The fourth-order valence-corrected chi connectivity index (χ4v) is 12.7. The molecule has 2 aromatic heterocycles. The summed E-state index contributed by atoms with van der Waals surface area (Å²) in [5, 5.41) is 29.6. The van der Waals surface area contributed by atoms with Crippen molar-refractivity contribution < 1.29 is 38.1 Å². The van der Waals surface area contributed by atoms with Gasteiger partial charge in [-0.1, -0.05) is 50.5 Å². The van der Waals surface area contributed by atoms with Crippen molar-refractivity contribution in [1.29, 1.82) is 0 Å². The summed E-state index contributed by atoms with van der Waals surface area (Å²) >= 11 is 2.51. The number of aryl methyl sites for hydroxylation is 2. The molecule has 3 saturated carbocycles. The van der Waals surface area contributed by atoms with E-state index in [9.17, 15) is 38.1 Å². The van der Waals surface area contributed by atoms with Gasteiger partial charge in [-0.25, -0.2) is 18.0 Å². The largest absolute Gasteiger partial charge is 0.477 e. The summed E-state index contributed by atoms with van der Waals surface area (Å²) in [6, 6.07) is 8.74. The van der Waals surface area contributed by atoms with E-state index >= 15 is 0 Å². The van der Waals surface area contributed by atoms with Crippen LogP contribution in [-0.2, 0) is 14.8 Å². The van der Waals surface area contributed by atoms with Crippen molar-refractivity contribution in [3.05, 3.63) is 67.0 Å². The number of anilines is 2. The van der Waals surface area contributed by atoms with Crippen LogP contribution in [0, 0.1) is 31.6 Å². The van der Waals surface area contributed by atoms with Crippen molar-refractivity contribution in [1.82, 2.24) is 0 Å². The summed E-state index contributed by atoms with van der Waals surface area (Å²) in [6.45, 7) is 8.16. The molecule has 3 aromatic rings. The summed E-state index contributed by atoms with van der Waals surface area (Å²) < 4.78 is 28.0. The molecule has 316 valence electrons. The third-order valence-corrected chi connectivity index (χ3v) is 16.6. The van der Waals surface area contributed by atoms with Gasteiger partial charge >= 0.3 is 11.9 Å². The SMILES string of the molecule is CC1CCC(C(=O)N(c2cc(C3CCC(C)CC3)sc2C(=O)O)C2CCC(O)CC2)CC1.Cc1ccc(S(=O)(=O)Nc2cc(C3=CCCCC3)sc2C(=O)O)c(C)c1. The normalized spacial score (nSPS) is 25.2. The number of amides is 1. The quantitative estimate of drug-likeness (QED) is 0.157. The van der Waals surface area contributed by atoms with E-state index in [2.05, 4.69) is 24.6 Å². The topological polar surface area (TPSA) is 161 Å². The third-order valence-electron chi connectivity index (χ3n) is 12.6. The lowest BCUT2D eigenvalue weighted by atomic mass is 9.81. The smallest absolute Gasteiger partial charge is 0.348 e. The van der Waals surface area contributed by atoms with Gasteiger partial charge in [0.1, 0.15) is 9.75 Å². The Labute approximate surface area is 351 Å². The molecule has 4 aliphatic rings. The van der Waals surface area contributed by atoms with Crippen LogP contribution in [0.3, 0.4) is 0 Å². The summed E-state index contributed by atoms with van der Waals surface area (Å²) in [5.74, 6) is -0.148. The molecule has 4 N–H and O–H groups in total. The number of benzene rings is 1. The Hall–Kier alpha value is -3.52. The number of thiophene rings is 2. The maximum absolute atomic E-state index is 13.9. The molecule has 10 nitrogen and oxygen atoms in total. The molecule has 1 amide bonds. The van der Waals surface area contributed by atoms with Crippen LogP contribution in [0.1, 0.15) is 163 Å². The zero-order valence-electron chi connectivity index (χ0n) is 34.3. The molecule has 7 rings (SSSR count). The summed E-state index contributed by atoms with van der Waals surface area (Å²) in [7, 11) is -3.86. The van der Waals surface area contributed by atoms with Crippen LogP contribution in [0.4, 0.5) is 11.4 Å². The van der Waals surface area contributed by atoms with Gasteiger partial charge in [-0.05, 0) is 151 Å². The lowest BCUT2D eigenvalue weighted by molar-refractivity contribution is -0.124. The number of aliphatic hydroxyl groups excluding tert-OH is 1. The zero-order valence-corrected chi connectivity index (χ0v) is 36.7. The minimum atomic E-state index is -3.86. The van der Waals surface area contributed by atoms with Gasteiger partial charge in [0.05, 0.1) is 22.4 Å². The Morgan fingerprint density at radius 1 is 0.776 bits per heavy atom. The summed E-state index contributed by atoms with van der Waals surface area (Å²) in [4.78, 5) is 42.1. The lowest BCUT2D eigenvalue weighted by Crippen LogP contribution is -2.47. The van der Waals surface area contributed by atoms with Gasteiger partial charge in [-0.3, -0.25) is 9.52 Å². The highest BCUT2D eigenvalue weighted by Crippen LogP contribution is 2.45. The predicted molar refractivity (Wildman–Crippen MR) is 233 cm³/mol. The molecule has 0 aliphatic heterocycles. The van der Waals surface area contributed by atoms with Gasteiger partial charge in [0.2, 0.25) is 5.91 Å². The van der Waals surface area contributed by atoms with Gasteiger partial charge < -0.3 is 20.2 Å². The number of hydrogen-bond donors (Lipinski definition) is 4. The Morgan fingerprint density at radius 3 is 2.00 bits per heavy atom. The zero-order chi connectivity index (χ0) is 41.7. The second-order valence-electron chi connectivity index (χ2n) is 17.3. The number of sulfonamides is 1. The average Bonchev–Trinajstić information content (AvgIpc) is 3.82. The van der Waals surface area contributed by atoms with Crippen molar-refractivity contribution in [2.45, 2.75) is 153 Å². The van der Waals surface area contributed by atoms with Crippen LogP contribution in [0.15, 0.2) is 41.3 Å². The highest BCUT2D eigenvalue weighted by molar-refractivity contribution is 7.92. The third kappa shape index (κ3) is 10.6. The van der Waals surface area contributed by atoms with E-state index in [4.69, 9.17) is 0 Å². The number of carboxylic acid groups (broad SMARTS) is 2. The number of nitrogens with zero attached hydrogens (tertiary/aromatic N) is 1. The van der Waals surface area contributed by atoms with Gasteiger partial charge in [-0.2, -0.15) is 0 Å². The van der Waals surface area contributed by atoms with Gasteiger partial charge in [0.25, 0.3) is 10.0 Å². The van der Waals surface area contributed by atoms with Crippen LogP contribution in [-0.4, -0.2) is 53.7 Å². The number of carbonyl (C=O) groups excluding carboxylic acids is 1. The second-order valence-corrected chi connectivity index (χ2v) is 21.0. The Balaban J connectivity index is 0.000000200. The fraction of sp³-hybridized carbons (Fsp3) is 0.578. The van der Waals surface area contributed by atoms with Crippen LogP contribution < -0.4 is 9.62 Å². The highest BCUT2D eigenvalue weighted by Gasteiger charge is 2.38. The number of nitrogens with one attached hydrogen (secondary N) is 1. The minimum absolute atomic E-state index is 0.0137. The molecule has 13 heteroatoms. The monoisotopic (exact) mass is 852 g/mol. The van der Waals surface area contributed by atoms with Gasteiger partial charge in [0.15, 0.2) is 0 Å². The first-order chi connectivity index (χ1) is 27.6. The number of hydrogen-bond acceptors (Lipinski definition) is 8. The highest BCUT2D eigenvalue weighted by atomic mass is 32.2. The number of carbonyl (C=O) groups is 3. The molecule has 0 bridgehead atoms. The van der Waals surface area contributed by atoms with E-state index in [0.29, 0.717) is 40.8 Å². The molecule has 1 aromatic carbocycles. The van der Waals surface area contributed by atoms with Gasteiger partial charge in [-0.15, -0.1) is 22.7 Å². The standard InChI is InChI=1S/C26H39NO4S.C19H21NO4S2/c1-16-3-7-18(8-4-16)23-15-22(24(32-23)26(30)31)27(20-11-13-21(28)14-12-20)25(29)19-9-5-17(2)6-10-19;1-12-8-9-17(13(2)10-12)26(23,24)20-15-11-16(25-18(15)19(21)22)14-6-4-3-5-7-14/h15-21,28H,3-14H2,1-2H3,(H,30,31);6,8-11,20H,3-5,7H2,1-2H3,(H,21,22). The van der Waals surface area contributed by atoms with Crippen molar-refractivity contribution in [3.8, 4) is 0 Å². The number of allylic oxidation sites excluding steroid dienone is 2. The van der Waals surface area contributed by atoms with Crippen LogP contribution in [0.5, 0.6) is 0 Å². The molecule has 0 radical (unpaired) electrons. The minimum Gasteiger partial charge on any atom is -0.477 e. The summed E-state index contributed by atoms with van der Waals surface area (Å²) in [6.07, 6.45) is 17.2. The van der Waals surface area contributed by atoms with Crippen molar-refractivity contribution in [3.63, 3.8) is 0 Å². The van der Waals surface area contributed by atoms with Gasteiger partial charge in [0, 0.05) is 21.7 Å². The molecule has 3 fully saturated rings. The van der Waals surface area contributed by atoms with E-state index < -0.39 is 22.0 Å². The first-order valence-corrected chi connectivity index (χ1v) is 24.3. The Bertz CT molecular complexity index is 2080. The van der Waals surface area contributed by atoms with E-state index in [1.54, 1.807) is 31.2 Å². The maximum atomic E-state index is 13.9. The molecular weight excluding hydrogens is 793 g/mol. The predicted octanol–water partition coefficient (Wildman–Crippen LogP) is 11.0. The van der Waals surface area contributed by atoms with Crippen LogP contribution in [0.25, 0.3) is 5.57 Å². The molecule has 0 atom stereocenters. The number of aliphatic hydroxyl groups is 1. The van der Waals surface area contributed by atoms with E-state index in [-0.39, 0.29) is 39.4 Å². The molecule has 0 unspecified atom stereocenters. The Kier molecular flexibility index (Phi) is 14.6. The van der Waals surface area contributed by atoms with Crippen molar-refractivity contribution in [2.75, 3.05) is 9.62 Å². The molecule has 0 saturated heterocycles. The van der Waals surface area contributed by atoms with E-state index in [1.807, 2.05) is 17.9 Å². The van der Waals surface area contributed by atoms with E-state index in [0.717, 1.165) is 115 Å². The van der Waals surface area contributed by atoms with Crippen molar-refractivity contribution in [2.24, 2.45) is 17.8 Å².